The van der Waals surface area contributed by atoms with Crippen molar-refractivity contribution in [2.45, 2.75) is 63.4 Å². The zero-order valence-electron chi connectivity index (χ0n) is 19.3. The lowest BCUT2D eigenvalue weighted by Crippen LogP contribution is -2.55. The number of H-pyrrole nitrogens is 1. The fraction of sp³-hybridized carbons (Fsp3) is 0.545. The average Bonchev–Trinajstić information content (AvgIpc) is 3.46. The molecule has 1 aliphatic heterocycles. The highest BCUT2D eigenvalue weighted by atomic mass is 19.3. The van der Waals surface area contributed by atoms with E-state index in [0.717, 1.165) is 0 Å². The lowest BCUT2D eigenvalue weighted by Gasteiger charge is -2.38. The summed E-state index contributed by atoms with van der Waals surface area (Å²) in [5.41, 5.74) is 1.85. The molecule has 0 spiro atoms. The molecule has 1 amide bonds. The van der Waals surface area contributed by atoms with Crippen LogP contribution in [-0.2, 0) is 11.3 Å². The second-order valence-corrected chi connectivity index (χ2v) is 9.43. The number of alkyl halides is 3. The van der Waals surface area contributed by atoms with E-state index in [4.69, 9.17) is 4.74 Å². The molecule has 3 N–H and O–H groups in total. The van der Waals surface area contributed by atoms with Gasteiger partial charge in [0, 0.05) is 42.7 Å². The second kappa shape index (κ2) is 9.02. The third-order valence-corrected chi connectivity index (χ3v) is 6.13. The number of alkyl carbamates (subject to hydrolysis) is 1. The molecule has 3 aromatic rings. The maximum Gasteiger partial charge on any atom is 0.407 e. The topological polar surface area (TPSA) is 112 Å². The summed E-state index contributed by atoms with van der Waals surface area (Å²) in [6.45, 7) is 3.38. The Balaban J connectivity index is 1.24. The molecule has 0 radical (unpaired) electrons. The van der Waals surface area contributed by atoms with Gasteiger partial charge in [0.1, 0.15) is 17.9 Å². The van der Waals surface area contributed by atoms with E-state index in [1.165, 1.54) is 0 Å². The maximum absolute atomic E-state index is 15.0. The Morgan fingerprint density at radius 2 is 2.14 bits per heavy atom. The number of anilines is 2. The Morgan fingerprint density at radius 1 is 1.34 bits per heavy atom. The number of rotatable bonds is 7. The van der Waals surface area contributed by atoms with Gasteiger partial charge in [-0.05, 0) is 32.8 Å². The van der Waals surface area contributed by atoms with Crippen molar-refractivity contribution in [3.63, 3.8) is 0 Å². The summed E-state index contributed by atoms with van der Waals surface area (Å²) in [5, 5.41) is 12.8. The van der Waals surface area contributed by atoms with Crippen LogP contribution < -0.4 is 10.6 Å². The van der Waals surface area contributed by atoms with Crippen molar-refractivity contribution in [1.29, 1.82) is 0 Å². The van der Waals surface area contributed by atoms with Crippen molar-refractivity contribution in [3.8, 4) is 0 Å². The van der Waals surface area contributed by atoms with Crippen LogP contribution in [0.3, 0.4) is 0 Å². The van der Waals surface area contributed by atoms with Gasteiger partial charge in [0.05, 0.1) is 18.8 Å². The Morgan fingerprint density at radius 3 is 2.89 bits per heavy atom. The molecule has 4 heterocycles. The van der Waals surface area contributed by atoms with Gasteiger partial charge >= 0.3 is 6.09 Å². The van der Waals surface area contributed by atoms with Crippen LogP contribution in [0.25, 0.3) is 5.65 Å². The number of hydrogen-bond donors (Lipinski definition) is 3. The number of nitrogens with one attached hydrogen (secondary N) is 3. The molecule has 35 heavy (non-hydrogen) atoms. The van der Waals surface area contributed by atoms with Crippen LogP contribution >= 0.6 is 0 Å². The van der Waals surface area contributed by atoms with E-state index in [0.29, 0.717) is 48.2 Å². The first-order valence-corrected chi connectivity index (χ1v) is 11.5. The van der Waals surface area contributed by atoms with Crippen molar-refractivity contribution < 1.29 is 22.7 Å². The van der Waals surface area contributed by atoms with E-state index >= 15 is 4.39 Å². The van der Waals surface area contributed by atoms with Gasteiger partial charge in [-0.1, -0.05) is 0 Å². The van der Waals surface area contributed by atoms with Crippen LogP contribution in [0, 0.1) is 0 Å². The molecule has 3 atom stereocenters. The second-order valence-electron chi connectivity index (χ2n) is 9.43. The summed E-state index contributed by atoms with van der Waals surface area (Å²) in [4.78, 5) is 22.3. The number of ether oxygens (including phenoxy) is 1. The molecule has 1 saturated heterocycles. The maximum atomic E-state index is 15.0. The largest absolute Gasteiger partial charge is 0.443 e. The van der Waals surface area contributed by atoms with E-state index < -0.39 is 30.2 Å². The SMILES string of the molecule is CC(C)NC(=O)O[C@H]1CC[C@@H](c2cc(Nc3nccc4nc(CN5CC(F)(F)C5)cn34)n[nH]2)[C@H]1F. The summed E-state index contributed by atoms with van der Waals surface area (Å²) in [6, 6.07) is 3.33. The number of aromatic nitrogens is 5. The van der Waals surface area contributed by atoms with Gasteiger partial charge in [0.2, 0.25) is 5.95 Å². The molecule has 13 heteroatoms. The number of likely N-dealkylation sites (tertiary alicyclic amines) is 1. The first-order chi connectivity index (χ1) is 16.7. The fourth-order valence-corrected chi connectivity index (χ4v) is 4.57. The zero-order chi connectivity index (χ0) is 24.7. The minimum Gasteiger partial charge on any atom is -0.443 e. The summed E-state index contributed by atoms with van der Waals surface area (Å²) >= 11 is 0. The Hall–Kier alpha value is -3.35. The minimum atomic E-state index is -2.63. The number of carbonyl (C=O) groups is 1. The normalized spacial score (nSPS) is 24.0. The molecule has 0 bridgehead atoms. The quantitative estimate of drug-likeness (QED) is 0.464. The smallest absolute Gasteiger partial charge is 0.407 e. The molecule has 0 unspecified atom stereocenters. The van der Waals surface area contributed by atoms with Gasteiger partial charge in [-0.3, -0.25) is 14.4 Å². The van der Waals surface area contributed by atoms with Gasteiger partial charge in [-0.2, -0.15) is 5.10 Å². The number of fused-ring (bicyclic) bond motifs is 1. The van der Waals surface area contributed by atoms with E-state index in [1.54, 1.807) is 47.7 Å². The highest BCUT2D eigenvalue weighted by Crippen LogP contribution is 2.38. The molecule has 1 aliphatic carbocycles. The number of imidazole rings is 1. The van der Waals surface area contributed by atoms with Crippen LogP contribution in [-0.4, -0.2) is 72.9 Å². The van der Waals surface area contributed by atoms with Crippen molar-refractivity contribution in [2.75, 3.05) is 18.4 Å². The Labute approximate surface area is 199 Å². The van der Waals surface area contributed by atoms with Crippen molar-refractivity contribution in [1.82, 2.24) is 34.8 Å². The van der Waals surface area contributed by atoms with Gasteiger partial charge < -0.3 is 15.4 Å². The molecule has 5 rings (SSSR count). The molecule has 0 aromatic carbocycles. The molecular formula is C22H27F3N8O2. The average molecular weight is 493 g/mol. The Kier molecular flexibility index (Phi) is 6.03. The molecule has 3 aromatic heterocycles. The van der Waals surface area contributed by atoms with E-state index in [1.807, 2.05) is 0 Å². The summed E-state index contributed by atoms with van der Waals surface area (Å²) in [5.74, 6) is -2.24. The van der Waals surface area contributed by atoms with Crippen LogP contribution in [0.15, 0.2) is 24.5 Å². The predicted molar refractivity (Wildman–Crippen MR) is 120 cm³/mol. The van der Waals surface area contributed by atoms with Gasteiger partial charge in [0.15, 0.2) is 5.82 Å². The minimum absolute atomic E-state index is 0.0934. The van der Waals surface area contributed by atoms with Crippen LogP contribution in [0.5, 0.6) is 0 Å². The van der Waals surface area contributed by atoms with E-state index in [9.17, 15) is 13.6 Å². The van der Waals surface area contributed by atoms with Crippen LogP contribution in [0.1, 0.15) is 44.0 Å². The molecule has 2 fully saturated rings. The number of halogens is 3. The van der Waals surface area contributed by atoms with Crippen molar-refractivity contribution >= 4 is 23.5 Å². The first kappa shape index (κ1) is 23.4. The van der Waals surface area contributed by atoms with Crippen molar-refractivity contribution in [3.05, 3.63) is 35.9 Å². The number of hydrogen-bond acceptors (Lipinski definition) is 7. The number of carbonyl (C=O) groups excluding carboxylic acids is 1. The summed E-state index contributed by atoms with van der Waals surface area (Å²) in [6.07, 6.45) is 1.46. The standard InChI is InChI=1S/C22H27F3N8O2/c1-12(2)27-21(34)35-16-4-3-14(19(16)23)15-7-17(31-30-15)29-20-26-6-5-18-28-13(9-33(18)20)8-32-10-22(24,25)11-32/h5-7,9,12,14,16,19H,3-4,8,10-11H2,1-2H3,(H,27,34)(H2,26,29,30,31)/t14-,16-,19+/m0/s1. The van der Waals surface area contributed by atoms with E-state index in [-0.39, 0.29) is 19.1 Å². The molecule has 1 saturated carbocycles. The summed E-state index contributed by atoms with van der Waals surface area (Å²) in [7, 11) is 0. The first-order valence-electron chi connectivity index (χ1n) is 11.5. The number of nitrogens with zero attached hydrogens (tertiary/aromatic N) is 5. The third kappa shape index (κ3) is 5.04. The van der Waals surface area contributed by atoms with Crippen molar-refractivity contribution in [2.24, 2.45) is 0 Å². The zero-order valence-corrected chi connectivity index (χ0v) is 19.3. The highest BCUT2D eigenvalue weighted by molar-refractivity contribution is 5.67. The van der Waals surface area contributed by atoms with Gasteiger partial charge in [0.25, 0.3) is 5.92 Å². The summed E-state index contributed by atoms with van der Waals surface area (Å²) < 4.78 is 48.2. The Bertz CT molecular complexity index is 1200. The molecular weight excluding hydrogens is 465 g/mol. The number of amides is 1. The predicted octanol–water partition coefficient (Wildman–Crippen LogP) is 3.37. The lowest BCUT2D eigenvalue weighted by atomic mass is 10.0. The van der Waals surface area contributed by atoms with Crippen LogP contribution in [0.4, 0.5) is 29.7 Å². The van der Waals surface area contributed by atoms with E-state index in [2.05, 4.69) is 30.8 Å². The molecule has 188 valence electrons. The monoisotopic (exact) mass is 492 g/mol. The highest BCUT2D eigenvalue weighted by Gasteiger charge is 2.44. The third-order valence-electron chi connectivity index (χ3n) is 6.13. The lowest BCUT2D eigenvalue weighted by molar-refractivity contribution is -0.134. The molecule has 10 nitrogen and oxygen atoms in total. The van der Waals surface area contributed by atoms with Gasteiger partial charge in [-0.15, -0.1) is 0 Å². The van der Waals surface area contributed by atoms with Gasteiger partial charge in [-0.25, -0.2) is 27.9 Å². The van der Waals surface area contributed by atoms with Crippen LogP contribution in [0.2, 0.25) is 0 Å². The fourth-order valence-electron chi connectivity index (χ4n) is 4.57. The number of aromatic amines is 1. The molecule has 2 aliphatic rings.